The lowest BCUT2D eigenvalue weighted by Gasteiger charge is -2.43. The Hall–Kier alpha value is -3.25. The molecule has 35 heavy (non-hydrogen) atoms. The second-order valence-electron chi connectivity index (χ2n) is 8.25. The van der Waals surface area contributed by atoms with Crippen LogP contribution in [0.15, 0.2) is 36.8 Å². The molecule has 0 saturated carbocycles. The first-order chi connectivity index (χ1) is 16.5. The van der Waals surface area contributed by atoms with E-state index in [1.54, 1.807) is 24.0 Å². The molecule has 0 aromatic carbocycles. The van der Waals surface area contributed by atoms with Crippen molar-refractivity contribution < 1.29 is 22.7 Å². The average molecular weight is 510 g/mol. The maximum Gasteiger partial charge on any atom is 0.417 e. The fourth-order valence-electron chi connectivity index (χ4n) is 3.94. The minimum atomic E-state index is -4.55. The van der Waals surface area contributed by atoms with Crippen molar-refractivity contribution in [1.82, 2.24) is 29.9 Å². The number of halogens is 4. The Labute approximate surface area is 204 Å². The zero-order chi connectivity index (χ0) is 25.3. The van der Waals surface area contributed by atoms with Gasteiger partial charge in [-0.05, 0) is 39.0 Å². The molecule has 1 fully saturated rings. The molecule has 4 rings (SSSR count). The molecule has 1 aliphatic rings. The SMILES string of the molecule is Cc1ccc(-n2nccn2)c(C(=O)N2C[C@@H](C)O[C@@H](C)[C@H]2CNc2ncc(C(F)(F)F)cc2Cl)n1. The number of anilines is 1. The van der Waals surface area contributed by atoms with Crippen molar-refractivity contribution >= 4 is 23.3 Å². The van der Waals surface area contributed by atoms with Gasteiger partial charge in [-0.15, -0.1) is 4.80 Å². The van der Waals surface area contributed by atoms with Gasteiger partial charge in [-0.1, -0.05) is 11.6 Å². The van der Waals surface area contributed by atoms with Crippen molar-refractivity contribution in [1.29, 1.82) is 0 Å². The molecule has 3 aromatic rings. The maximum absolute atomic E-state index is 13.7. The normalized spacial score (nSPS) is 20.7. The van der Waals surface area contributed by atoms with Gasteiger partial charge in [-0.2, -0.15) is 23.4 Å². The van der Waals surface area contributed by atoms with Crippen molar-refractivity contribution in [3.05, 3.63) is 58.8 Å². The third-order valence-electron chi connectivity index (χ3n) is 5.60. The smallest absolute Gasteiger partial charge is 0.372 e. The highest BCUT2D eigenvalue weighted by molar-refractivity contribution is 6.33. The quantitative estimate of drug-likeness (QED) is 0.559. The molecule has 4 heterocycles. The molecule has 1 N–H and O–H groups in total. The monoisotopic (exact) mass is 509 g/mol. The summed E-state index contributed by atoms with van der Waals surface area (Å²) in [6.45, 7) is 5.88. The Kier molecular flexibility index (Phi) is 6.95. The molecule has 0 bridgehead atoms. The number of amides is 1. The number of hydrogen-bond donors (Lipinski definition) is 1. The molecule has 0 radical (unpaired) electrons. The first-order valence-electron chi connectivity index (χ1n) is 10.8. The molecule has 1 aliphatic heterocycles. The standard InChI is InChI=1S/C22H23ClF3N7O2/c1-12-4-5-17(33-29-6-7-30-33)19(31-12)21(34)32-11-13(2)35-14(3)18(32)10-28-20-16(23)8-15(9-27-20)22(24,25)26/h4-9,13-14,18H,10-11H2,1-3H3,(H,27,28)/t13-,14+,18-/m1/s1. The first-order valence-corrected chi connectivity index (χ1v) is 11.2. The van der Waals surface area contributed by atoms with Gasteiger partial charge in [0.05, 0.1) is 41.2 Å². The Bertz CT molecular complexity index is 1210. The summed E-state index contributed by atoms with van der Waals surface area (Å²) in [5.41, 5.74) is 0.307. The lowest BCUT2D eigenvalue weighted by atomic mass is 10.0. The van der Waals surface area contributed by atoms with E-state index in [0.717, 1.165) is 6.07 Å². The molecule has 3 atom stereocenters. The highest BCUT2D eigenvalue weighted by atomic mass is 35.5. The van der Waals surface area contributed by atoms with Crippen LogP contribution in [0.1, 0.15) is 35.6 Å². The van der Waals surface area contributed by atoms with Gasteiger partial charge < -0.3 is 15.0 Å². The number of carbonyl (C=O) groups is 1. The minimum absolute atomic E-state index is 0.0769. The second-order valence-corrected chi connectivity index (χ2v) is 8.66. The number of aromatic nitrogens is 5. The van der Waals surface area contributed by atoms with Crippen LogP contribution in [-0.2, 0) is 10.9 Å². The number of rotatable bonds is 5. The van der Waals surface area contributed by atoms with Crippen LogP contribution in [0.5, 0.6) is 0 Å². The van der Waals surface area contributed by atoms with Crippen LogP contribution in [0.25, 0.3) is 5.69 Å². The van der Waals surface area contributed by atoms with E-state index in [9.17, 15) is 18.0 Å². The third kappa shape index (κ3) is 5.38. The molecule has 1 amide bonds. The first kappa shape index (κ1) is 24.9. The number of pyridine rings is 2. The fraction of sp³-hybridized carbons (Fsp3) is 0.409. The van der Waals surface area contributed by atoms with E-state index < -0.39 is 17.8 Å². The lowest BCUT2D eigenvalue weighted by molar-refractivity contribution is -0.137. The van der Waals surface area contributed by atoms with Crippen LogP contribution in [0.4, 0.5) is 19.0 Å². The van der Waals surface area contributed by atoms with E-state index in [-0.39, 0.29) is 47.7 Å². The molecule has 0 unspecified atom stereocenters. The zero-order valence-corrected chi connectivity index (χ0v) is 19.9. The number of aryl methyl sites for hydroxylation is 1. The van der Waals surface area contributed by atoms with Gasteiger partial charge in [0.15, 0.2) is 5.69 Å². The lowest BCUT2D eigenvalue weighted by Crippen LogP contribution is -2.58. The summed E-state index contributed by atoms with van der Waals surface area (Å²) in [5.74, 6) is -0.269. The zero-order valence-electron chi connectivity index (χ0n) is 19.1. The van der Waals surface area contributed by atoms with Gasteiger partial charge in [0.1, 0.15) is 11.5 Å². The van der Waals surface area contributed by atoms with Crippen LogP contribution >= 0.6 is 11.6 Å². The largest absolute Gasteiger partial charge is 0.417 e. The predicted octanol–water partition coefficient (Wildman–Crippen LogP) is 3.77. The molecule has 1 saturated heterocycles. The molecule has 3 aromatic heterocycles. The molecule has 13 heteroatoms. The number of carbonyl (C=O) groups excluding carboxylic acids is 1. The van der Waals surface area contributed by atoms with Crippen molar-refractivity contribution in [2.24, 2.45) is 0 Å². The van der Waals surface area contributed by atoms with Crippen molar-refractivity contribution in [3.8, 4) is 5.69 Å². The number of hydrogen-bond acceptors (Lipinski definition) is 7. The predicted molar refractivity (Wildman–Crippen MR) is 121 cm³/mol. The van der Waals surface area contributed by atoms with Gasteiger partial charge in [-0.3, -0.25) is 4.79 Å². The Balaban J connectivity index is 1.61. The summed E-state index contributed by atoms with van der Waals surface area (Å²) in [5, 5.41) is 11.0. The van der Waals surface area contributed by atoms with Crippen LogP contribution < -0.4 is 5.32 Å². The third-order valence-corrected chi connectivity index (χ3v) is 5.89. The van der Waals surface area contributed by atoms with Gasteiger partial charge >= 0.3 is 6.18 Å². The number of nitrogens with one attached hydrogen (secondary N) is 1. The summed E-state index contributed by atoms with van der Waals surface area (Å²) in [6.07, 6.45) is -1.47. The summed E-state index contributed by atoms with van der Waals surface area (Å²) < 4.78 is 44.7. The minimum Gasteiger partial charge on any atom is -0.372 e. The molecule has 0 spiro atoms. The van der Waals surface area contributed by atoms with Gasteiger partial charge in [0.25, 0.3) is 5.91 Å². The Morgan fingerprint density at radius 2 is 1.97 bits per heavy atom. The number of morpholine rings is 1. The van der Waals surface area contributed by atoms with Gasteiger partial charge in [0.2, 0.25) is 0 Å². The van der Waals surface area contributed by atoms with Crippen LogP contribution in [0, 0.1) is 6.92 Å². The van der Waals surface area contributed by atoms with Crippen LogP contribution in [0.3, 0.4) is 0 Å². The van der Waals surface area contributed by atoms with Crippen LogP contribution in [-0.4, -0.2) is 67.1 Å². The van der Waals surface area contributed by atoms with E-state index in [1.807, 2.05) is 13.8 Å². The van der Waals surface area contributed by atoms with E-state index in [2.05, 4.69) is 25.5 Å². The van der Waals surface area contributed by atoms with Crippen molar-refractivity contribution in [2.45, 2.75) is 45.2 Å². The van der Waals surface area contributed by atoms with Crippen molar-refractivity contribution in [2.75, 3.05) is 18.4 Å². The maximum atomic E-state index is 13.7. The summed E-state index contributed by atoms with van der Waals surface area (Å²) in [6, 6.07) is 3.81. The topological polar surface area (TPSA) is 98.1 Å². The highest BCUT2D eigenvalue weighted by Crippen LogP contribution is 2.32. The number of nitrogens with zero attached hydrogens (tertiary/aromatic N) is 6. The summed E-state index contributed by atoms with van der Waals surface area (Å²) in [7, 11) is 0. The van der Waals surface area contributed by atoms with E-state index in [1.165, 1.54) is 17.2 Å². The average Bonchev–Trinajstić information content (AvgIpc) is 3.32. The molecule has 9 nitrogen and oxygen atoms in total. The Morgan fingerprint density at radius 3 is 2.63 bits per heavy atom. The summed E-state index contributed by atoms with van der Waals surface area (Å²) >= 11 is 6.04. The van der Waals surface area contributed by atoms with E-state index >= 15 is 0 Å². The van der Waals surface area contributed by atoms with Crippen molar-refractivity contribution in [3.63, 3.8) is 0 Å². The molecule has 186 valence electrons. The molecular formula is C22H23ClF3N7O2. The number of alkyl halides is 3. The van der Waals surface area contributed by atoms with Crippen LogP contribution in [0.2, 0.25) is 5.02 Å². The van der Waals surface area contributed by atoms with E-state index in [4.69, 9.17) is 16.3 Å². The summed E-state index contributed by atoms with van der Waals surface area (Å²) in [4.78, 5) is 25.0. The van der Waals surface area contributed by atoms with Gasteiger partial charge in [-0.25, -0.2) is 9.97 Å². The fourth-order valence-corrected chi connectivity index (χ4v) is 4.18. The van der Waals surface area contributed by atoms with E-state index in [0.29, 0.717) is 17.6 Å². The second kappa shape index (κ2) is 9.78. The van der Waals surface area contributed by atoms with Gasteiger partial charge in [0, 0.05) is 25.0 Å². The Morgan fingerprint density at radius 1 is 1.26 bits per heavy atom. The molecular weight excluding hydrogens is 487 g/mol. The molecule has 0 aliphatic carbocycles. The highest BCUT2D eigenvalue weighted by Gasteiger charge is 2.38. The number of ether oxygens (including phenoxy) is 1.